The number of unbranched alkanes of at least 4 members (excludes halogenated alkanes) is 1. The van der Waals surface area contributed by atoms with Crippen molar-refractivity contribution in [3.8, 4) is 0 Å². The smallest absolute Gasteiger partial charge is 0.193 e. The summed E-state index contributed by atoms with van der Waals surface area (Å²) in [5.74, 6) is 0.484. The molecule has 1 rings (SSSR count). The maximum atomic E-state index is 5.88. The average molecular weight is 404 g/mol. The van der Waals surface area contributed by atoms with Crippen LogP contribution in [0, 0.1) is 0 Å². The normalized spacial score (nSPS) is 11.3. The number of hydrogen-bond acceptors (Lipinski definition) is 2. The highest BCUT2D eigenvalue weighted by atomic mass is 127. The lowest BCUT2D eigenvalue weighted by Crippen LogP contribution is -2.26. The van der Waals surface area contributed by atoms with Gasteiger partial charge in [0.2, 0.25) is 0 Å². The minimum atomic E-state index is 0. The van der Waals surface area contributed by atoms with Gasteiger partial charge in [0.25, 0.3) is 0 Å². The first-order chi connectivity index (χ1) is 9.65. The highest BCUT2D eigenvalue weighted by molar-refractivity contribution is 14.0. The van der Waals surface area contributed by atoms with Crippen molar-refractivity contribution in [2.75, 3.05) is 32.0 Å². The number of benzene rings is 1. The maximum absolute atomic E-state index is 5.88. The monoisotopic (exact) mass is 404 g/mol. The zero-order valence-corrected chi connectivity index (χ0v) is 15.8. The Bertz CT molecular complexity index is 403. The maximum Gasteiger partial charge on any atom is 0.193 e. The Morgan fingerprint density at radius 2 is 1.86 bits per heavy atom. The number of hydrogen-bond donors (Lipinski definition) is 2. The van der Waals surface area contributed by atoms with Gasteiger partial charge in [-0.1, -0.05) is 32.4 Å². The van der Waals surface area contributed by atoms with Gasteiger partial charge in [0.1, 0.15) is 0 Å². The lowest BCUT2D eigenvalue weighted by atomic mass is 10.1. The predicted octanol–water partition coefficient (Wildman–Crippen LogP) is 3.33. The summed E-state index contributed by atoms with van der Waals surface area (Å²) in [6, 6.07) is 8.28. The van der Waals surface area contributed by atoms with E-state index in [0.29, 0.717) is 5.96 Å². The van der Waals surface area contributed by atoms with E-state index in [9.17, 15) is 0 Å². The number of halogens is 1. The van der Waals surface area contributed by atoms with Gasteiger partial charge in [-0.25, -0.2) is 0 Å². The molecule has 1 aromatic carbocycles. The van der Waals surface area contributed by atoms with E-state index in [1.807, 2.05) is 12.1 Å². The fraction of sp³-hybridized carbons (Fsp3) is 0.562. The topological polar surface area (TPSA) is 53.6 Å². The van der Waals surface area contributed by atoms with Crippen molar-refractivity contribution in [3.05, 3.63) is 29.8 Å². The van der Waals surface area contributed by atoms with E-state index in [1.54, 1.807) is 0 Å². The van der Waals surface area contributed by atoms with Crippen molar-refractivity contribution in [2.24, 2.45) is 10.7 Å². The minimum Gasteiger partial charge on any atom is -0.370 e. The van der Waals surface area contributed by atoms with Crippen LogP contribution in [-0.4, -0.2) is 37.5 Å². The Kier molecular flexibility index (Phi) is 11.3. The molecule has 0 aliphatic carbocycles. The zero-order chi connectivity index (χ0) is 14.8. The molecular weight excluding hydrogens is 375 g/mol. The van der Waals surface area contributed by atoms with Gasteiger partial charge >= 0.3 is 0 Å². The molecular formula is C16H29IN4. The quantitative estimate of drug-likeness (QED) is 0.397. The Hall–Kier alpha value is -0.820. The number of aryl methyl sites for hydroxylation is 1. The SMILES string of the molecule is CCCCN(C)CCN=C(N)Nc1ccc(CC)cc1.I. The van der Waals surface area contributed by atoms with Crippen LogP contribution in [0.1, 0.15) is 32.3 Å². The molecule has 0 spiro atoms. The summed E-state index contributed by atoms with van der Waals surface area (Å²) < 4.78 is 0. The summed E-state index contributed by atoms with van der Waals surface area (Å²) >= 11 is 0. The molecule has 0 atom stereocenters. The van der Waals surface area contributed by atoms with Crippen LogP contribution >= 0.6 is 24.0 Å². The number of nitrogens with zero attached hydrogens (tertiary/aromatic N) is 2. The molecule has 0 bridgehead atoms. The van der Waals surface area contributed by atoms with E-state index in [0.717, 1.165) is 31.7 Å². The molecule has 0 aliphatic rings. The van der Waals surface area contributed by atoms with Crippen LogP contribution in [0.15, 0.2) is 29.3 Å². The molecule has 0 saturated heterocycles. The van der Waals surface area contributed by atoms with Crippen molar-refractivity contribution < 1.29 is 0 Å². The van der Waals surface area contributed by atoms with Gasteiger partial charge in [-0.2, -0.15) is 0 Å². The number of nitrogens with two attached hydrogens (primary N) is 1. The van der Waals surface area contributed by atoms with Crippen LogP contribution in [0.25, 0.3) is 0 Å². The van der Waals surface area contributed by atoms with Crippen LogP contribution in [0.4, 0.5) is 5.69 Å². The summed E-state index contributed by atoms with van der Waals surface area (Å²) in [5.41, 5.74) is 8.19. The average Bonchev–Trinajstić information content (AvgIpc) is 2.46. The fourth-order valence-corrected chi connectivity index (χ4v) is 1.89. The lowest BCUT2D eigenvalue weighted by molar-refractivity contribution is 0.337. The first-order valence-corrected chi connectivity index (χ1v) is 7.50. The van der Waals surface area contributed by atoms with E-state index < -0.39 is 0 Å². The molecule has 0 radical (unpaired) electrons. The largest absolute Gasteiger partial charge is 0.370 e. The summed E-state index contributed by atoms with van der Waals surface area (Å²) in [4.78, 5) is 6.64. The summed E-state index contributed by atoms with van der Waals surface area (Å²) in [6.45, 7) is 7.14. The first kappa shape index (κ1) is 20.2. The van der Waals surface area contributed by atoms with Gasteiger partial charge in [0.05, 0.1) is 6.54 Å². The Morgan fingerprint density at radius 3 is 2.43 bits per heavy atom. The van der Waals surface area contributed by atoms with Gasteiger partial charge < -0.3 is 16.0 Å². The lowest BCUT2D eigenvalue weighted by Gasteiger charge is -2.14. The molecule has 5 heteroatoms. The van der Waals surface area contributed by atoms with E-state index in [1.165, 1.54) is 18.4 Å². The fourth-order valence-electron chi connectivity index (χ4n) is 1.89. The number of anilines is 1. The molecule has 0 heterocycles. The van der Waals surface area contributed by atoms with Gasteiger partial charge in [0.15, 0.2) is 5.96 Å². The van der Waals surface area contributed by atoms with Gasteiger partial charge in [0, 0.05) is 12.2 Å². The minimum absolute atomic E-state index is 0. The molecule has 0 aliphatic heterocycles. The Balaban J connectivity index is 0.00000400. The second-order valence-corrected chi connectivity index (χ2v) is 5.10. The second kappa shape index (κ2) is 11.8. The number of nitrogens with one attached hydrogen (secondary N) is 1. The molecule has 0 saturated carbocycles. The van der Waals surface area contributed by atoms with Crippen molar-refractivity contribution >= 4 is 35.6 Å². The Labute approximate surface area is 146 Å². The van der Waals surface area contributed by atoms with Gasteiger partial charge in [-0.05, 0) is 44.1 Å². The van der Waals surface area contributed by atoms with E-state index in [4.69, 9.17) is 5.73 Å². The van der Waals surface area contributed by atoms with E-state index in [-0.39, 0.29) is 24.0 Å². The van der Waals surface area contributed by atoms with Crippen LogP contribution < -0.4 is 11.1 Å². The van der Waals surface area contributed by atoms with Crippen LogP contribution in [0.2, 0.25) is 0 Å². The van der Waals surface area contributed by atoms with Crippen LogP contribution in [-0.2, 0) is 6.42 Å². The molecule has 0 unspecified atom stereocenters. The molecule has 0 fully saturated rings. The van der Waals surface area contributed by atoms with Gasteiger partial charge in [-0.3, -0.25) is 4.99 Å². The number of likely N-dealkylation sites (N-methyl/N-ethyl adjacent to an activating group) is 1. The first-order valence-electron chi connectivity index (χ1n) is 7.50. The highest BCUT2D eigenvalue weighted by Crippen LogP contribution is 2.09. The van der Waals surface area contributed by atoms with Crippen molar-refractivity contribution in [1.29, 1.82) is 0 Å². The molecule has 0 aromatic heterocycles. The standard InChI is InChI=1S/C16H28N4.HI/c1-4-6-12-20(3)13-11-18-16(17)19-15-9-7-14(5-2)8-10-15;/h7-10H,4-6,11-13H2,1-3H3,(H3,17,18,19);1H. The van der Waals surface area contributed by atoms with Crippen molar-refractivity contribution in [2.45, 2.75) is 33.1 Å². The van der Waals surface area contributed by atoms with E-state index >= 15 is 0 Å². The number of guanidine groups is 1. The van der Waals surface area contributed by atoms with Crippen LogP contribution in [0.5, 0.6) is 0 Å². The third-order valence-electron chi connectivity index (χ3n) is 3.29. The Morgan fingerprint density at radius 1 is 1.19 bits per heavy atom. The highest BCUT2D eigenvalue weighted by Gasteiger charge is 1.98. The van der Waals surface area contributed by atoms with Crippen molar-refractivity contribution in [1.82, 2.24) is 4.90 Å². The van der Waals surface area contributed by atoms with E-state index in [2.05, 4.69) is 48.2 Å². The number of rotatable bonds is 8. The zero-order valence-electron chi connectivity index (χ0n) is 13.4. The second-order valence-electron chi connectivity index (χ2n) is 5.10. The van der Waals surface area contributed by atoms with Crippen LogP contribution in [0.3, 0.4) is 0 Å². The summed E-state index contributed by atoms with van der Waals surface area (Å²) in [6.07, 6.45) is 3.51. The molecule has 4 nitrogen and oxygen atoms in total. The summed E-state index contributed by atoms with van der Waals surface area (Å²) in [7, 11) is 2.12. The summed E-state index contributed by atoms with van der Waals surface area (Å²) in [5, 5.41) is 3.12. The predicted molar refractivity (Wildman–Crippen MR) is 104 cm³/mol. The van der Waals surface area contributed by atoms with Crippen molar-refractivity contribution in [3.63, 3.8) is 0 Å². The van der Waals surface area contributed by atoms with Gasteiger partial charge in [-0.15, -0.1) is 24.0 Å². The third-order valence-corrected chi connectivity index (χ3v) is 3.29. The molecule has 120 valence electrons. The molecule has 1 aromatic rings. The third kappa shape index (κ3) is 8.93. The molecule has 21 heavy (non-hydrogen) atoms. The molecule has 0 amide bonds. The molecule has 3 N–H and O–H groups in total. The number of aliphatic imine (C=N–C) groups is 1.